The van der Waals surface area contributed by atoms with Crippen molar-refractivity contribution in [2.24, 2.45) is 11.8 Å². The third-order valence-corrected chi connectivity index (χ3v) is 3.85. The quantitative estimate of drug-likeness (QED) is 0.873. The Kier molecular flexibility index (Phi) is 4.64. The van der Waals surface area contributed by atoms with Gasteiger partial charge in [-0.3, -0.25) is 0 Å². The van der Waals surface area contributed by atoms with Gasteiger partial charge in [-0.1, -0.05) is 20.8 Å². The van der Waals surface area contributed by atoms with Crippen LogP contribution >= 0.6 is 0 Å². The fraction of sp³-hybridized carbons (Fsp3) is 0.786. The van der Waals surface area contributed by atoms with Crippen molar-refractivity contribution in [1.29, 1.82) is 0 Å². The molecular formula is C14H25N3O. The summed E-state index contributed by atoms with van der Waals surface area (Å²) in [7, 11) is 0. The lowest BCUT2D eigenvalue weighted by atomic mass is 9.87. The maximum atomic E-state index is 5.57. The zero-order chi connectivity index (χ0) is 13.0. The van der Waals surface area contributed by atoms with Gasteiger partial charge in [0.1, 0.15) is 6.26 Å². The number of rotatable bonds is 5. The van der Waals surface area contributed by atoms with Crippen LogP contribution in [0.4, 0.5) is 6.01 Å². The predicted octanol–water partition coefficient (Wildman–Crippen LogP) is 2.66. The number of anilines is 1. The van der Waals surface area contributed by atoms with E-state index < -0.39 is 0 Å². The fourth-order valence-corrected chi connectivity index (χ4v) is 2.53. The van der Waals surface area contributed by atoms with E-state index in [-0.39, 0.29) is 0 Å². The van der Waals surface area contributed by atoms with E-state index in [0.29, 0.717) is 0 Å². The molecule has 0 spiro atoms. The minimum atomic E-state index is 0.793. The second-order valence-corrected chi connectivity index (χ2v) is 5.47. The van der Waals surface area contributed by atoms with Crippen molar-refractivity contribution in [3.05, 3.63) is 12.0 Å². The highest BCUT2D eigenvalue weighted by atomic mass is 16.4. The standard InChI is InChI=1S/C14H25N3O/c1-4-15-9-13-10-18-14(16-13)17-7-5-12(6-8-17)11(2)3/h10-12,15H,4-9H2,1-3H3. The highest BCUT2D eigenvalue weighted by molar-refractivity contribution is 5.27. The average molecular weight is 251 g/mol. The van der Waals surface area contributed by atoms with E-state index in [0.717, 1.165) is 49.7 Å². The predicted molar refractivity (Wildman–Crippen MR) is 73.7 cm³/mol. The number of oxazole rings is 1. The highest BCUT2D eigenvalue weighted by Gasteiger charge is 2.23. The molecule has 0 atom stereocenters. The first-order chi connectivity index (χ1) is 8.70. The first-order valence-electron chi connectivity index (χ1n) is 7.10. The molecule has 1 fully saturated rings. The molecule has 1 N–H and O–H groups in total. The zero-order valence-corrected chi connectivity index (χ0v) is 11.8. The van der Waals surface area contributed by atoms with E-state index in [1.807, 2.05) is 0 Å². The van der Waals surface area contributed by atoms with Crippen LogP contribution in [0.5, 0.6) is 0 Å². The first-order valence-corrected chi connectivity index (χ1v) is 7.10. The molecular weight excluding hydrogens is 226 g/mol. The first kappa shape index (κ1) is 13.4. The monoisotopic (exact) mass is 251 g/mol. The third-order valence-electron chi connectivity index (χ3n) is 3.85. The highest BCUT2D eigenvalue weighted by Crippen LogP contribution is 2.27. The maximum Gasteiger partial charge on any atom is 0.297 e. The molecule has 1 aromatic heterocycles. The molecule has 1 aliphatic rings. The van der Waals surface area contributed by atoms with Crippen LogP contribution in [0.25, 0.3) is 0 Å². The van der Waals surface area contributed by atoms with Gasteiger partial charge < -0.3 is 14.6 Å². The van der Waals surface area contributed by atoms with Crippen LogP contribution in [0, 0.1) is 11.8 Å². The van der Waals surface area contributed by atoms with Crippen LogP contribution in [-0.2, 0) is 6.54 Å². The smallest absolute Gasteiger partial charge is 0.297 e. The Labute approximate surface area is 110 Å². The van der Waals surface area contributed by atoms with Crippen molar-refractivity contribution in [1.82, 2.24) is 10.3 Å². The lowest BCUT2D eigenvalue weighted by molar-refractivity contribution is 0.304. The topological polar surface area (TPSA) is 41.3 Å². The summed E-state index contributed by atoms with van der Waals surface area (Å²) in [5, 5.41) is 3.26. The minimum Gasteiger partial charge on any atom is -0.432 e. The molecule has 102 valence electrons. The van der Waals surface area contributed by atoms with Crippen LogP contribution in [0.3, 0.4) is 0 Å². The van der Waals surface area contributed by atoms with Gasteiger partial charge in [0.25, 0.3) is 6.01 Å². The third kappa shape index (κ3) is 3.25. The number of nitrogens with zero attached hydrogens (tertiary/aromatic N) is 2. The molecule has 0 saturated carbocycles. The molecule has 0 radical (unpaired) electrons. The van der Waals surface area contributed by atoms with Crippen LogP contribution in [0.2, 0.25) is 0 Å². The molecule has 1 aromatic rings. The zero-order valence-electron chi connectivity index (χ0n) is 11.8. The Bertz CT molecular complexity index is 354. The van der Waals surface area contributed by atoms with E-state index in [4.69, 9.17) is 4.42 Å². The molecule has 18 heavy (non-hydrogen) atoms. The van der Waals surface area contributed by atoms with Gasteiger partial charge in [-0.05, 0) is 31.2 Å². The summed E-state index contributed by atoms with van der Waals surface area (Å²) in [5.74, 6) is 1.65. The Balaban J connectivity index is 1.87. The van der Waals surface area contributed by atoms with E-state index in [9.17, 15) is 0 Å². The van der Waals surface area contributed by atoms with Gasteiger partial charge in [-0.2, -0.15) is 4.98 Å². The summed E-state index contributed by atoms with van der Waals surface area (Å²) in [6.07, 6.45) is 4.28. The summed E-state index contributed by atoms with van der Waals surface area (Å²) in [6, 6.07) is 0.796. The van der Waals surface area contributed by atoms with Gasteiger partial charge in [0, 0.05) is 19.6 Å². The molecule has 0 unspecified atom stereocenters. The molecule has 0 aromatic carbocycles. The molecule has 1 saturated heterocycles. The van der Waals surface area contributed by atoms with Gasteiger partial charge in [0.2, 0.25) is 0 Å². The van der Waals surface area contributed by atoms with Crippen molar-refractivity contribution in [3.63, 3.8) is 0 Å². The van der Waals surface area contributed by atoms with Gasteiger partial charge in [0.15, 0.2) is 0 Å². The molecule has 4 heteroatoms. The van der Waals surface area contributed by atoms with E-state index in [2.05, 4.69) is 36.0 Å². The summed E-state index contributed by atoms with van der Waals surface area (Å²) < 4.78 is 5.57. The lowest BCUT2D eigenvalue weighted by Crippen LogP contribution is -2.35. The summed E-state index contributed by atoms with van der Waals surface area (Å²) in [4.78, 5) is 6.81. The number of nitrogens with one attached hydrogen (secondary N) is 1. The average Bonchev–Trinajstić information content (AvgIpc) is 2.85. The van der Waals surface area contributed by atoms with Crippen LogP contribution in [0.1, 0.15) is 39.3 Å². The van der Waals surface area contributed by atoms with Gasteiger partial charge in [-0.15, -0.1) is 0 Å². The normalized spacial score (nSPS) is 17.7. The number of aromatic nitrogens is 1. The minimum absolute atomic E-state index is 0.793. The van der Waals surface area contributed by atoms with Crippen molar-refractivity contribution in [3.8, 4) is 0 Å². The second kappa shape index (κ2) is 6.23. The summed E-state index contributed by atoms with van der Waals surface area (Å²) in [6.45, 7) is 10.6. The molecule has 0 bridgehead atoms. The Morgan fingerprint density at radius 1 is 1.44 bits per heavy atom. The molecule has 2 rings (SSSR count). The van der Waals surface area contributed by atoms with Gasteiger partial charge in [-0.25, -0.2) is 0 Å². The van der Waals surface area contributed by atoms with Gasteiger partial charge in [0.05, 0.1) is 5.69 Å². The van der Waals surface area contributed by atoms with Crippen LogP contribution < -0.4 is 10.2 Å². The second-order valence-electron chi connectivity index (χ2n) is 5.47. The Hall–Kier alpha value is -1.03. The SMILES string of the molecule is CCNCc1coc(N2CCC(C(C)C)CC2)n1. The van der Waals surface area contributed by atoms with Gasteiger partial charge >= 0.3 is 0 Å². The lowest BCUT2D eigenvalue weighted by Gasteiger charge is -2.32. The van der Waals surface area contributed by atoms with E-state index in [1.165, 1.54) is 12.8 Å². The molecule has 4 nitrogen and oxygen atoms in total. The molecule has 2 heterocycles. The number of hydrogen-bond donors (Lipinski definition) is 1. The van der Waals surface area contributed by atoms with Crippen molar-refractivity contribution >= 4 is 6.01 Å². The Morgan fingerprint density at radius 2 is 2.17 bits per heavy atom. The molecule has 0 amide bonds. The van der Waals surface area contributed by atoms with Crippen molar-refractivity contribution in [2.45, 2.75) is 40.2 Å². The number of hydrogen-bond acceptors (Lipinski definition) is 4. The Morgan fingerprint density at radius 3 is 2.78 bits per heavy atom. The van der Waals surface area contributed by atoms with Crippen LogP contribution in [-0.4, -0.2) is 24.6 Å². The molecule has 0 aliphatic carbocycles. The maximum absolute atomic E-state index is 5.57. The van der Waals surface area contributed by atoms with E-state index >= 15 is 0 Å². The largest absolute Gasteiger partial charge is 0.432 e. The van der Waals surface area contributed by atoms with E-state index in [1.54, 1.807) is 6.26 Å². The van der Waals surface area contributed by atoms with Crippen molar-refractivity contribution in [2.75, 3.05) is 24.5 Å². The summed E-state index contributed by atoms with van der Waals surface area (Å²) >= 11 is 0. The van der Waals surface area contributed by atoms with Crippen LogP contribution in [0.15, 0.2) is 10.7 Å². The number of piperidine rings is 1. The van der Waals surface area contributed by atoms with Crippen molar-refractivity contribution < 1.29 is 4.42 Å². The molecule has 1 aliphatic heterocycles. The fourth-order valence-electron chi connectivity index (χ4n) is 2.53. The summed E-state index contributed by atoms with van der Waals surface area (Å²) in [5.41, 5.74) is 0.998.